The molecule has 0 saturated heterocycles. The average molecular weight is 739 g/mol. The van der Waals surface area contributed by atoms with Crippen LogP contribution in [0.4, 0.5) is 12.6 Å². The van der Waals surface area contributed by atoms with E-state index in [1.165, 1.54) is 29.4 Å². The predicted octanol–water partition coefficient (Wildman–Crippen LogP) is 10.4. The predicted molar refractivity (Wildman–Crippen MR) is 194 cm³/mol. The molecule has 6 rings (SSSR count). The summed E-state index contributed by atoms with van der Waals surface area (Å²) in [6, 6.07) is 64.3. The maximum atomic E-state index is 11.7. The highest BCUT2D eigenvalue weighted by Gasteiger charge is 2.29. The van der Waals surface area contributed by atoms with Crippen molar-refractivity contribution < 1.29 is 36.5 Å². The third kappa shape index (κ3) is 13.2. The van der Waals surface area contributed by atoms with E-state index in [1.54, 1.807) is 0 Å². The molecule has 0 aromatic heterocycles. The van der Waals surface area contributed by atoms with Crippen molar-refractivity contribution in [2.45, 2.75) is 29.4 Å². The fourth-order valence-electron chi connectivity index (χ4n) is 4.24. The minimum absolute atomic E-state index is 0.0146. The zero-order chi connectivity index (χ0) is 35.0. The number of hydrogen-bond donors (Lipinski definition) is 2. The molecule has 49 heavy (non-hydrogen) atoms. The molecular formula is C37H32F2O6S4+2. The van der Waals surface area contributed by atoms with Gasteiger partial charge in [0.1, 0.15) is 0 Å². The second-order valence-electron chi connectivity index (χ2n) is 9.64. The third-order valence-corrected chi connectivity index (χ3v) is 11.0. The van der Waals surface area contributed by atoms with Crippen molar-refractivity contribution in [1.82, 2.24) is 0 Å². The molecule has 0 radical (unpaired) electrons. The molecule has 0 saturated carbocycles. The quantitative estimate of drug-likeness (QED) is 0.0661. The first-order valence-electron chi connectivity index (χ1n) is 14.5. The molecule has 0 atom stereocenters. The second-order valence-corrected chi connectivity index (χ2v) is 16.8. The molecule has 0 aliphatic heterocycles. The maximum absolute atomic E-state index is 11.7. The Morgan fingerprint density at radius 2 is 0.694 bits per heavy atom. The Hall–Kier alpha value is -4.40. The Balaban J connectivity index is 0.000000173. The SMILES string of the molecule is O=C(O)OOOS(O)(F)(F)=S.c1ccc([S+](c2ccccc2)c2ccccc2)cc1.c1ccc([S+](c2ccccc2)c2ccccc2)cc1. The van der Waals surface area contributed by atoms with Gasteiger partial charge in [0.2, 0.25) is 0 Å². The average Bonchev–Trinajstić information content (AvgIpc) is 3.11. The van der Waals surface area contributed by atoms with Crippen LogP contribution in [-0.4, -0.2) is 15.8 Å². The summed E-state index contributed by atoms with van der Waals surface area (Å²) in [6.07, 6.45) is -2.02. The summed E-state index contributed by atoms with van der Waals surface area (Å²) in [5.41, 5.74) is 0. The Labute approximate surface area is 294 Å². The molecule has 0 amide bonds. The van der Waals surface area contributed by atoms with Gasteiger partial charge in [0.15, 0.2) is 29.4 Å². The van der Waals surface area contributed by atoms with Gasteiger partial charge < -0.3 is 5.11 Å². The van der Waals surface area contributed by atoms with Gasteiger partial charge in [-0.1, -0.05) is 117 Å². The molecule has 252 valence electrons. The first kappa shape index (κ1) is 37.4. The topological polar surface area (TPSA) is 85.2 Å². The van der Waals surface area contributed by atoms with Gasteiger partial charge in [0.05, 0.1) is 42.0 Å². The van der Waals surface area contributed by atoms with Gasteiger partial charge in [-0.25, -0.2) is 9.68 Å². The molecule has 0 unspecified atom stereocenters. The molecule has 0 spiro atoms. The van der Waals surface area contributed by atoms with Crippen molar-refractivity contribution in [1.29, 1.82) is 0 Å². The van der Waals surface area contributed by atoms with E-state index in [2.05, 4.69) is 207 Å². The fraction of sp³-hybridized carbons (Fsp3) is 0. The first-order valence-corrected chi connectivity index (χ1v) is 19.6. The summed E-state index contributed by atoms with van der Waals surface area (Å²) >= 11 is 3.15. The number of halogens is 2. The largest absolute Gasteiger partial charge is 0.540 e. The lowest BCUT2D eigenvalue weighted by Crippen LogP contribution is -2.21. The van der Waals surface area contributed by atoms with E-state index in [9.17, 15) is 12.6 Å². The van der Waals surface area contributed by atoms with Crippen molar-refractivity contribution in [3.8, 4) is 0 Å². The number of carboxylic acid groups (broad SMARTS) is 1. The van der Waals surface area contributed by atoms with E-state index in [-0.39, 0.29) is 21.8 Å². The number of benzene rings is 6. The molecule has 6 aromatic carbocycles. The molecular weight excluding hydrogens is 707 g/mol. The lowest BCUT2D eigenvalue weighted by Gasteiger charge is -2.21. The van der Waals surface area contributed by atoms with Crippen molar-refractivity contribution in [3.63, 3.8) is 0 Å². The zero-order valence-electron chi connectivity index (χ0n) is 25.7. The van der Waals surface area contributed by atoms with Crippen LogP contribution in [0.3, 0.4) is 0 Å². The van der Waals surface area contributed by atoms with E-state index in [4.69, 9.17) is 9.66 Å². The summed E-state index contributed by atoms with van der Waals surface area (Å²) in [4.78, 5) is 20.6. The Morgan fingerprint density at radius 1 is 0.490 bits per heavy atom. The summed E-state index contributed by atoms with van der Waals surface area (Å²) in [6.45, 7) is 0. The van der Waals surface area contributed by atoms with Gasteiger partial charge in [-0.3, -0.25) is 4.55 Å². The summed E-state index contributed by atoms with van der Waals surface area (Å²) < 4.78 is 34.0. The molecule has 0 heterocycles. The van der Waals surface area contributed by atoms with E-state index < -0.39 is 15.2 Å². The second kappa shape index (κ2) is 18.4. The van der Waals surface area contributed by atoms with Crippen molar-refractivity contribution in [2.75, 3.05) is 0 Å². The van der Waals surface area contributed by atoms with Crippen LogP contribution in [0.1, 0.15) is 0 Å². The number of hydrogen-bond acceptors (Lipinski definition) is 5. The maximum Gasteiger partial charge on any atom is 0.540 e. The molecule has 0 aliphatic carbocycles. The molecule has 6 aromatic rings. The molecule has 6 nitrogen and oxygen atoms in total. The highest BCUT2D eigenvalue weighted by Crippen LogP contribution is 2.32. The van der Waals surface area contributed by atoms with Gasteiger partial charge in [-0.15, -0.1) is 0 Å². The summed E-state index contributed by atoms with van der Waals surface area (Å²) in [5, 5.41) is 10.5. The van der Waals surface area contributed by atoms with Gasteiger partial charge >= 0.3 is 6.16 Å². The lowest BCUT2D eigenvalue weighted by molar-refractivity contribution is -0.439. The van der Waals surface area contributed by atoms with E-state index >= 15 is 0 Å². The van der Waals surface area contributed by atoms with Crippen molar-refractivity contribution in [3.05, 3.63) is 182 Å². The zero-order valence-corrected chi connectivity index (χ0v) is 29.0. The highest BCUT2D eigenvalue weighted by atomic mass is 32.9. The van der Waals surface area contributed by atoms with Crippen LogP contribution in [0, 0.1) is 0 Å². The molecule has 12 heteroatoms. The molecule has 0 bridgehead atoms. The van der Waals surface area contributed by atoms with Crippen molar-refractivity contribution >= 4 is 48.2 Å². The monoisotopic (exact) mass is 738 g/mol. The third-order valence-electron chi connectivity index (χ3n) is 6.12. The van der Waals surface area contributed by atoms with Gasteiger partial charge in [0, 0.05) is 5.04 Å². The van der Waals surface area contributed by atoms with Crippen LogP contribution >= 0.6 is 0 Å². The van der Waals surface area contributed by atoms with Crippen LogP contribution < -0.4 is 0 Å². The smallest absolute Gasteiger partial charge is 0.448 e. The number of carbonyl (C=O) groups is 1. The first-order chi connectivity index (χ1) is 23.6. The lowest BCUT2D eigenvalue weighted by atomic mass is 10.4. The summed E-state index contributed by atoms with van der Waals surface area (Å²) in [7, 11) is -6.51. The van der Waals surface area contributed by atoms with Crippen LogP contribution in [-0.2, 0) is 56.3 Å². The highest BCUT2D eigenvalue weighted by molar-refractivity contribution is 8.40. The van der Waals surface area contributed by atoms with Crippen molar-refractivity contribution in [2.24, 2.45) is 0 Å². The van der Waals surface area contributed by atoms with E-state index in [0.717, 1.165) is 0 Å². The molecule has 0 fully saturated rings. The fourth-order valence-corrected chi connectivity index (χ4v) is 8.64. The van der Waals surface area contributed by atoms with Crippen LogP contribution in [0.25, 0.3) is 0 Å². The van der Waals surface area contributed by atoms with E-state index in [1.807, 2.05) is 0 Å². The Bertz CT molecular complexity index is 1590. The van der Waals surface area contributed by atoms with Crippen LogP contribution in [0.15, 0.2) is 211 Å². The number of rotatable bonds is 9. The normalized spacial score (nSPS) is 11.6. The van der Waals surface area contributed by atoms with Gasteiger partial charge in [-0.05, 0) is 77.1 Å². The summed E-state index contributed by atoms with van der Waals surface area (Å²) in [5.74, 6) is 0. The Kier molecular flexibility index (Phi) is 14.0. The Morgan fingerprint density at radius 3 is 0.857 bits per heavy atom. The van der Waals surface area contributed by atoms with Crippen LogP contribution in [0.2, 0.25) is 0 Å². The minimum atomic E-state index is -6.48. The molecule has 0 aliphatic rings. The van der Waals surface area contributed by atoms with Gasteiger partial charge in [0.25, 0.3) is 0 Å². The molecule has 2 N–H and O–H groups in total. The van der Waals surface area contributed by atoms with Crippen LogP contribution in [0.5, 0.6) is 0 Å². The van der Waals surface area contributed by atoms with Gasteiger partial charge in [-0.2, -0.15) is 0 Å². The van der Waals surface area contributed by atoms with E-state index in [0.29, 0.717) is 0 Å². The minimum Gasteiger partial charge on any atom is -0.448 e. The standard InChI is InChI=1S/2C18H15S.CH2F2O6S2/c2*1-4-10-16(11-5-1)19(17-12-6-2-7-13-17)18-14-8-3-9-15-18;2-11(3,6,10)9-8-7-1(4)5/h2*1-15H;(H,4,5)(H,6,10)/q2*+1;.